The van der Waals surface area contributed by atoms with E-state index in [0.29, 0.717) is 19.1 Å². The Labute approximate surface area is 237 Å². The molecule has 0 aliphatic carbocycles. The predicted octanol–water partition coefficient (Wildman–Crippen LogP) is 6.38. The van der Waals surface area contributed by atoms with Crippen molar-refractivity contribution < 1.29 is 49.8 Å². The van der Waals surface area contributed by atoms with E-state index in [0.717, 1.165) is 12.1 Å². The Morgan fingerprint density at radius 2 is 1.56 bits per heavy atom. The number of carbonyl (C=O) groups is 2. The van der Waals surface area contributed by atoms with Gasteiger partial charge in [0.15, 0.2) is 0 Å². The van der Waals surface area contributed by atoms with Crippen LogP contribution in [-0.4, -0.2) is 45.2 Å². The average Bonchev–Trinajstić information content (AvgIpc) is 2.91. The summed E-state index contributed by atoms with van der Waals surface area (Å²) in [6.45, 7) is 0.714. The number of nitrogens with one attached hydrogen (secondary N) is 2. The molecule has 0 saturated heterocycles. The number of hydrogen-bond acceptors (Lipinski definition) is 5. The van der Waals surface area contributed by atoms with Crippen LogP contribution in [-0.2, 0) is 17.4 Å². The van der Waals surface area contributed by atoms with E-state index in [1.54, 1.807) is 0 Å². The molecular weight excluding hydrogens is 592 g/mol. The van der Waals surface area contributed by atoms with Crippen molar-refractivity contribution in [2.24, 2.45) is 0 Å². The van der Waals surface area contributed by atoms with E-state index in [4.69, 9.17) is 0 Å². The first-order valence-corrected chi connectivity index (χ1v) is 12.3. The summed E-state index contributed by atoms with van der Waals surface area (Å²) in [5.41, 5.74) is -3.01. The molecule has 0 aliphatic rings. The minimum absolute atomic E-state index is 0.000804. The van der Waals surface area contributed by atoms with E-state index in [1.807, 2.05) is 10.6 Å². The van der Waals surface area contributed by atoms with Gasteiger partial charge in [0.05, 0.1) is 16.8 Å². The summed E-state index contributed by atoms with van der Waals surface area (Å²) in [6.07, 6.45) is -7.47. The van der Waals surface area contributed by atoms with Crippen molar-refractivity contribution in [1.29, 1.82) is 0 Å². The van der Waals surface area contributed by atoms with E-state index < -0.39 is 76.9 Å². The van der Waals surface area contributed by atoms with Crippen LogP contribution >= 0.6 is 0 Å². The van der Waals surface area contributed by atoms with Crippen molar-refractivity contribution in [3.05, 3.63) is 89.2 Å². The summed E-state index contributed by atoms with van der Waals surface area (Å²) in [4.78, 5) is 32.8. The number of carbonyl (C=O) groups excluding carboxylic acids is 1. The standard InChI is InChI=1S/C28H20F8N4O3/c1-13(27(31,32)33)39-15-11-19(29)22(20(30)12-15)25(41)40-21(26(42)43)10-14-6-7-17(23-16(14)4-2-8-37-23)24-18(28(34,35)36)5-3-9-38-24/h2-9,11-13,21,39H,10H2,1H3,(H,40,41)(H,42,43)/t13-,21+/m1/s1. The Balaban J connectivity index is 1.64. The maximum absolute atomic E-state index is 14.7. The second kappa shape index (κ2) is 11.8. The van der Waals surface area contributed by atoms with Crippen molar-refractivity contribution in [3.8, 4) is 11.3 Å². The number of aromatic nitrogens is 2. The number of amides is 1. The van der Waals surface area contributed by atoms with Crippen molar-refractivity contribution in [2.45, 2.75) is 37.8 Å². The molecule has 0 saturated carbocycles. The fourth-order valence-corrected chi connectivity index (χ4v) is 4.31. The lowest BCUT2D eigenvalue weighted by Gasteiger charge is -2.20. The highest BCUT2D eigenvalue weighted by molar-refractivity contribution is 5.98. The van der Waals surface area contributed by atoms with Gasteiger partial charge in [-0.2, -0.15) is 26.3 Å². The number of pyridine rings is 2. The predicted molar refractivity (Wildman–Crippen MR) is 138 cm³/mol. The largest absolute Gasteiger partial charge is 0.480 e. The normalized spacial score (nSPS) is 13.4. The molecule has 0 radical (unpaired) electrons. The smallest absolute Gasteiger partial charge is 0.418 e. The van der Waals surface area contributed by atoms with E-state index in [9.17, 15) is 49.8 Å². The summed E-state index contributed by atoms with van der Waals surface area (Å²) in [7, 11) is 0. The van der Waals surface area contributed by atoms with E-state index in [-0.39, 0.29) is 22.0 Å². The zero-order chi connectivity index (χ0) is 31.7. The van der Waals surface area contributed by atoms with Crippen LogP contribution in [0.5, 0.6) is 0 Å². The van der Waals surface area contributed by atoms with E-state index >= 15 is 0 Å². The van der Waals surface area contributed by atoms with Crippen LogP contribution in [0.4, 0.5) is 40.8 Å². The van der Waals surface area contributed by atoms with Crippen LogP contribution in [0.25, 0.3) is 22.2 Å². The first kappa shape index (κ1) is 31.1. The number of benzene rings is 2. The third-order valence-corrected chi connectivity index (χ3v) is 6.40. The zero-order valence-corrected chi connectivity index (χ0v) is 21.8. The first-order valence-electron chi connectivity index (χ1n) is 12.3. The molecule has 3 N–H and O–H groups in total. The van der Waals surface area contributed by atoms with Crippen LogP contribution in [0.15, 0.2) is 60.9 Å². The number of aliphatic carboxylic acids is 1. The van der Waals surface area contributed by atoms with E-state index in [1.165, 1.54) is 36.7 Å². The van der Waals surface area contributed by atoms with Gasteiger partial charge < -0.3 is 15.7 Å². The summed E-state index contributed by atoms with van der Waals surface area (Å²) in [6, 6.07) is 4.42. The number of halogens is 8. The van der Waals surface area contributed by atoms with Crippen molar-refractivity contribution >= 4 is 28.5 Å². The molecule has 2 atom stereocenters. The Morgan fingerprint density at radius 1 is 0.930 bits per heavy atom. The SMILES string of the molecule is C[C@@H](Nc1cc(F)c(C(=O)N[C@@H](Cc2ccc(-c3ncccc3C(F)(F)F)c3ncccc23)C(=O)O)c(F)c1)C(F)(F)F. The highest BCUT2D eigenvalue weighted by Crippen LogP contribution is 2.38. The molecular formula is C28H20F8N4O3. The topological polar surface area (TPSA) is 104 Å². The van der Waals surface area contributed by atoms with Crippen LogP contribution < -0.4 is 10.6 Å². The monoisotopic (exact) mass is 612 g/mol. The summed E-state index contributed by atoms with van der Waals surface area (Å²) in [5.74, 6) is -6.21. The van der Waals surface area contributed by atoms with Crippen LogP contribution in [0.2, 0.25) is 0 Å². The minimum atomic E-state index is -4.74. The van der Waals surface area contributed by atoms with Gasteiger partial charge in [0.2, 0.25) is 0 Å². The lowest BCUT2D eigenvalue weighted by molar-refractivity contribution is -0.139. The summed E-state index contributed by atoms with van der Waals surface area (Å²) >= 11 is 0. The molecule has 0 bridgehead atoms. The number of nitrogens with zero attached hydrogens (tertiary/aromatic N) is 2. The third kappa shape index (κ3) is 6.81. The number of anilines is 1. The van der Waals surface area contributed by atoms with E-state index in [2.05, 4.69) is 9.97 Å². The fraction of sp³-hybridized carbons (Fsp3) is 0.214. The fourth-order valence-electron chi connectivity index (χ4n) is 4.31. The zero-order valence-electron chi connectivity index (χ0n) is 21.8. The lowest BCUT2D eigenvalue weighted by Crippen LogP contribution is -2.43. The Morgan fingerprint density at radius 3 is 2.16 bits per heavy atom. The molecule has 0 unspecified atom stereocenters. The highest BCUT2D eigenvalue weighted by Gasteiger charge is 2.37. The van der Waals surface area contributed by atoms with Gasteiger partial charge in [-0.1, -0.05) is 18.2 Å². The maximum Gasteiger partial charge on any atom is 0.418 e. The maximum atomic E-state index is 14.7. The molecule has 4 aromatic rings. The first-order chi connectivity index (χ1) is 20.1. The minimum Gasteiger partial charge on any atom is -0.480 e. The van der Waals surface area contributed by atoms with Gasteiger partial charge in [0.1, 0.15) is 29.3 Å². The molecule has 0 aliphatic heterocycles. The molecule has 0 spiro atoms. The van der Waals surface area contributed by atoms with Gasteiger partial charge in [-0.25, -0.2) is 13.6 Å². The number of hydrogen-bond donors (Lipinski definition) is 3. The number of rotatable bonds is 8. The molecule has 2 aromatic carbocycles. The molecule has 2 aromatic heterocycles. The van der Waals surface area contributed by atoms with Gasteiger partial charge in [0.25, 0.3) is 5.91 Å². The number of carboxylic acid groups (broad SMARTS) is 1. The molecule has 1 amide bonds. The molecule has 43 heavy (non-hydrogen) atoms. The van der Waals surface area contributed by atoms with Crippen molar-refractivity contribution in [1.82, 2.24) is 15.3 Å². The summed E-state index contributed by atoms with van der Waals surface area (Å²) < 4.78 is 109. The average molecular weight is 612 g/mol. The van der Waals surface area contributed by atoms with Gasteiger partial charge in [0, 0.05) is 35.5 Å². The molecule has 2 heterocycles. The lowest BCUT2D eigenvalue weighted by atomic mass is 9.95. The molecule has 226 valence electrons. The van der Waals surface area contributed by atoms with Gasteiger partial charge in [-0.3, -0.25) is 14.8 Å². The Kier molecular flexibility index (Phi) is 8.55. The number of carboxylic acids is 1. The molecule has 4 rings (SSSR count). The second-order valence-electron chi connectivity index (χ2n) is 9.36. The third-order valence-electron chi connectivity index (χ3n) is 6.40. The van der Waals surface area contributed by atoms with Crippen LogP contribution in [0, 0.1) is 11.6 Å². The quantitative estimate of drug-likeness (QED) is 0.200. The molecule has 0 fully saturated rings. The number of fused-ring (bicyclic) bond motifs is 1. The van der Waals surface area contributed by atoms with Crippen molar-refractivity contribution in [2.75, 3.05) is 5.32 Å². The molecule has 15 heteroatoms. The summed E-state index contributed by atoms with van der Waals surface area (Å²) in [5, 5.41) is 13.8. The van der Waals surface area contributed by atoms with Gasteiger partial charge >= 0.3 is 18.3 Å². The Bertz CT molecular complexity index is 1670. The van der Waals surface area contributed by atoms with Crippen LogP contribution in [0.1, 0.15) is 28.4 Å². The second-order valence-corrected chi connectivity index (χ2v) is 9.36. The van der Waals surface area contributed by atoms with Crippen molar-refractivity contribution in [3.63, 3.8) is 0 Å². The van der Waals surface area contributed by atoms with Gasteiger partial charge in [-0.15, -0.1) is 0 Å². The Hall–Kier alpha value is -4.82. The number of alkyl halides is 6. The molecule has 7 nitrogen and oxygen atoms in total. The highest BCUT2D eigenvalue weighted by atomic mass is 19.4. The van der Waals surface area contributed by atoms with Crippen LogP contribution in [0.3, 0.4) is 0 Å². The van der Waals surface area contributed by atoms with Gasteiger partial charge in [-0.05, 0) is 42.8 Å².